The first-order valence-electron chi connectivity index (χ1n) is 2.71. The first kappa shape index (κ1) is 5.97. The molecule has 1 rings (SSSR count). The average molecular weight is 117 g/mol. The van der Waals surface area contributed by atoms with Gasteiger partial charge in [0.2, 0.25) is 0 Å². The average Bonchev–Trinajstić information content (AvgIpc) is 1.77. The van der Waals surface area contributed by atoms with Gasteiger partial charge in [-0.15, -0.1) is 0 Å². The van der Waals surface area contributed by atoms with Crippen molar-refractivity contribution in [2.75, 3.05) is 19.6 Å². The molecule has 1 aliphatic heterocycles. The molecule has 48 valence electrons. The van der Waals surface area contributed by atoms with Crippen LogP contribution in [0, 0.1) is 0 Å². The fourth-order valence-electron chi connectivity index (χ4n) is 0.706. The number of rotatable bonds is 0. The van der Waals surface area contributed by atoms with Crippen LogP contribution in [0.25, 0.3) is 0 Å². The predicted octanol–water partition coefficient (Wildman–Crippen LogP) is -1.92. The van der Waals surface area contributed by atoms with Gasteiger partial charge in [-0.3, -0.25) is 5.84 Å². The third-order valence-corrected chi connectivity index (χ3v) is 1.26. The molecule has 4 heteroatoms. The Hall–Kier alpha value is -0.160. The van der Waals surface area contributed by atoms with E-state index in [-0.39, 0.29) is 0 Å². The quantitative estimate of drug-likeness (QED) is 0.324. The number of aliphatic hydroxyl groups is 1. The lowest BCUT2D eigenvalue weighted by Crippen LogP contribution is -2.54. The summed E-state index contributed by atoms with van der Waals surface area (Å²) in [5.74, 6) is 5.32. The Balaban J connectivity index is 2.28. The van der Waals surface area contributed by atoms with E-state index in [1.165, 1.54) is 5.01 Å². The third kappa shape index (κ3) is 1.16. The highest BCUT2D eigenvalue weighted by molar-refractivity contribution is 4.65. The lowest BCUT2D eigenvalue weighted by Gasteiger charge is -2.27. The Morgan fingerprint density at radius 2 is 2.50 bits per heavy atom. The van der Waals surface area contributed by atoms with Crippen LogP contribution in [0.3, 0.4) is 0 Å². The van der Waals surface area contributed by atoms with E-state index in [2.05, 4.69) is 5.32 Å². The van der Waals surface area contributed by atoms with E-state index < -0.39 is 6.23 Å². The number of nitrogens with two attached hydrogens (primary N) is 1. The molecule has 0 radical (unpaired) electrons. The number of hydrazine groups is 1. The van der Waals surface area contributed by atoms with Gasteiger partial charge >= 0.3 is 0 Å². The Kier molecular flexibility index (Phi) is 1.80. The predicted molar refractivity (Wildman–Crippen MR) is 29.8 cm³/mol. The summed E-state index contributed by atoms with van der Waals surface area (Å²) in [5.41, 5.74) is 0. The summed E-state index contributed by atoms with van der Waals surface area (Å²) in [6.45, 7) is 2.17. The Morgan fingerprint density at radius 1 is 1.75 bits per heavy atom. The molecule has 1 atom stereocenters. The maximum atomic E-state index is 8.92. The first-order valence-corrected chi connectivity index (χ1v) is 2.71. The van der Waals surface area contributed by atoms with Crippen LogP contribution in [-0.2, 0) is 0 Å². The molecule has 0 aromatic carbocycles. The van der Waals surface area contributed by atoms with E-state index in [0.717, 1.165) is 13.1 Å². The van der Waals surface area contributed by atoms with Gasteiger partial charge < -0.3 is 10.4 Å². The number of piperazine rings is 1. The van der Waals surface area contributed by atoms with Crippen LogP contribution >= 0.6 is 0 Å². The van der Waals surface area contributed by atoms with Crippen molar-refractivity contribution in [1.82, 2.24) is 10.3 Å². The van der Waals surface area contributed by atoms with Gasteiger partial charge in [0.15, 0.2) is 0 Å². The third-order valence-electron chi connectivity index (χ3n) is 1.26. The second-order valence-electron chi connectivity index (χ2n) is 1.92. The highest BCUT2D eigenvalue weighted by Gasteiger charge is 2.14. The number of nitrogens with one attached hydrogen (secondary N) is 1. The molecule has 4 N–H and O–H groups in total. The molecule has 4 nitrogen and oxygen atoms in total. The van der Waals surface area contributed by atoms with E-state index >= 15 is 0 Å². The van der Waals surface area contributed by atoms with Gasteiger partial charge in [0.1, 0.15) is 6.23 Å². The van der Waals surface area contributed by atoms with Crippen molar-refractivity contribution in [3.63, 3.8) is 0 Å². The van der Waals surface area contributed by atoms with Crippen molar-refractivity contribution in [3.05, 3.63) is 0 Å². The zero-order chi connectivity index (χ0) is 5.98. The molecule has 0 saturated carbocycles. The van der Waals surface area contributed by atoms with E-state index in [0.29, 0.717) is 6.54 Å². The highest BCUT2D eigenvalue weighted by Crippen LogP contribution is 1.89. The summed E-state index contributed by atoms with van der Waals surface area (Å²) in [5, 5.41) is 13.3. The van der Waals surface area contributed by atoms with Crippen LogP contribution in [-0.4, -0.2) is 36.0 Å². The molecule has 1 fully saturated rings. The molecular formula is C4H11N3O. The lowest BCUT2D eigenvalue weighted by atomic mass is 10.4. The topological polar surface area (TPSA) is 61.5 Å². The van der Waals surface area contributed by atoms with Gasteiger partial charge in [0, 0.05) is 19.6 Å². The molecule has 1 heterocycles. The van der Waals surface area contributed by atoms with Gasteiger partial charge in [-0.05, 0) is 0 Å². The maximum Gasteiger partial charge on any atom is 0.132 e. The SMILES string of the molecule is NN1CCNCC1O. The van der Waals surface area contributed by atoms with Crippen LogP contribution in [0.5, 0.6) is 0 Å². The molecular weight excluding hydrogens is 106 g/mol. The monoisotopic (exact) mass is 117 g/mol. The van der Waals surface area contributed by atoms with Crippen LogP contribution in [0.15, 0.2) is 0 Å². The molecule has 0 amide bonds. The second-order valence-corrected chi connectivity index (χ2v) is 1.92. The maximum absolute atomic E-state index is 8.92. The molecule has 0 bridgehead atoms. The van der Waals surface area contributed by atoms with Crippen molar-refractivity contribution in [1.29, 1.82) is 0 Å². The number of nitrogens with zero attached hydrogens (tertiary/aromatic N) is 1. The van der Waals surface area contributed by atoms with Gasteiger partial charge in [-0.2, -0.15) is 0 Å². The molecule has 1 aliphatic rings. The summed E-state index contributed by atoms with van der Waals surface area (Å²) in [4.78, 5) is 0. The van der Waals surface area contributed by atoms with Crippen molar-refractivity contribution in [2.45, 2.75) is 6.23 Å². The van der Waals surface area contributed by atoms with E-state index in [1.807, 2.05) is 0 Å². The van der Waals surface area contributed by atoms with Gasteiger partial charge in [-0.25, -0.2) is 5.01 Å². The second kappa shape index (κ2) is 2.41. The van der Waals surface area contributed by atoms with Crippen molar-refractivity contribution in [2.24, 2.45) is 5.84 Å². The number of hydrogen-bond acceptors (Lipinski definition) is 4. The first-order chi connectivity index (χ1) is 3.80. The molecule has 0 spiro atoms. The largest absolute Gasteiger partial charge is 0.376 e. The van der Waals surface area contributed by atoms with E-state index in [4.69, 9.17) is 10.9 Å². The molecule has 8 heavy (non-hydrogen) atoms. The summed E-state index contributed by atoms with van der Waals surface area (Å²) >= 11 is 0. The summed E-state index contributed by atoms with van der Waals surface area (Å²) < 4.78 is 0. The fraction of sp³-hybridized carbons (Fsp3) is 1.00. The van der Waals surface area contributed by atoms with Gasteiger partial charge in [-0.1, -0.05) is 0 Å². The standard InChI is InChI=1S/C4H11N3O/c5-7-2-1-6-3-4(7)8/h4,6,8H,1-3,5H2. The smallest absolute Gasteiger partial charge is 0.132 e. The van der Waals surface area contributed by atoms with Crippen molar-refractivity contribution in [3.8, 4) is 0 Å². The Bertz CT molecular complexity index is 67.7. The van der Waals surface area contributed by atoms with Crippen LogP contribution in [0.1, 0.15) is 0 Å². The number of hydrogen-bond donors (Lipinski definition) is 3. The minimum Gasteiger partial charge on any atom is -0.376 e. The molecule has 0 aromatic rings. The summed E-state index contributed by atoms with van der Waals surface area (Å²) in [6, 6.07) is 0. The zero-order valence-corrected chi connectivity index (χ0v) is 4.67. The fourth-order valence-corrected chi connectivity index (χ4v) is 0.706. The highest BCUT2D eigenvalue weighted by atomic mass is 16.3. The summed E-state index contributed by atoms with van der Waals surface area (Å²) in [7, 11) is 0. The minimum absolute atomic E-state index is 0.497. The molecule has 0 aromatic heterocycles. The zero-order valence-electron chi connectivity index (χ0n) is 4.67. The van der Waals surface area contributed by atoms with Crippen LogP contribution in [0.2, 0.25) is 0 Å². The Morgan fingerprint density at radius 3 is 2.88 bits per heavy atom. The molecule has 1 saturated heterocycles. The molecule has 1 unspecified atom stereocenters. The lowest BCUT2D eigenvalue weighted by molar-refractivity contribution is -0.0132. The number of aliphatic hydroxyl groups excluding tert-OH is 1. The van der Waals surface area contributed by atoms with Crippen molar-refractivity contribution >= 4 is 0 Å². The van der Waals surface area contributed by atoms with E-state index in [1.54, 1.807) is 0 Å². The Labute approximate surface area is 48.2 Å². The van der Waals surface area contributed by atoms with Gasteiger partial charge in [0.05, 0.1) is 0 Å². The van der Waals surface area contributed by atoms with Crippen LogP contribution in [0.4, 0.5) is 0 Å². The normalized spacial score (nSPS) is 33.0. The minimum atomic E-state index is -0.497. The summed E-state index contributed by atoms with van der Waals surface area (Å²) in [6.07, 6.45) is -0.497. The van der Waals surface area contributed by atoms with Gasteiger partial charge in [0.25, 0.3) is 0 Å². The van der Waals surface area contributed by atoms with E-state index in [9.17, 15) is 0 Å². The number of β-amino-alcohol motifs (C(OH)–C–C–N with tert-alkyl or cyclic N) is 1. The molecule has 0 aliphatic carbocycles. The van der Waals surface area contributed by atoms with Crippen molar-refractivity contribution < 1.29 is 5.11 Å². The van der Waals surface area contributed by atoms with Crippen LogP contribution < -0.4 is 11.2 Å².